The Morgan fingerprint density at radius 2 is 2.18 bits per heavy atom. The molecule has 1 aromatic carbocycles. The Labute approximate surface area is 168 Å². The van der Waals surface area contributed by atoms with E-state index in [1.807, 2.05) is 13.0 Å². The normalized spacial score (nSPS) is 25.5. The lowest BCUT2D eigenvalue weighted by Gasteiger charge is -2.21. The topological polar surface area (TPSA) is 52.6 Å². The molecule has 5 rings (SSSR count). The maximum atomic E-state index is 12.1. The zero-order valence-corrected chi connectivity index (χ0v) is 16.9. The van der Waals surface area contributed by atoms with E-state index < -0.39 is 0 Å². The fourth-order valence-corrected chi connectivity index (χ4v) is 6.22. The highest BCUT2D eigenvalue weighted by Gasteiger charge is 2.46. The molecular formula is C23H24O4S. The average Bonchev–Trinajstić information content (AvgIpc) is 3.40. The number of thiophene rings is 1. The molecule has 3 aliphatic rings. The number of carbonyl (C=O) groups is 2. The van der Waals surface area contributed by atoms with Gasteiger partial charge in [-0.25, -0.2) is 4.79 Å². The molecule has 2 aromatic rings. The van der Waals surface area contributed by atoms with Gasteiger partial charge in [0.15, 0.2) is 0 Å². The lowest BCUT2D eigenvalue weighted by Crippen LogP contribution is -2.16. The van der Waals surface area contributed by atoms with Gasteiger partial charge in [0.1, 0.15) is 4.88 Å². The minimum Gasteiger partial charge on any atom is -0.465 e. The fourth-order valence-electron chi connectivity index (χ4n) is 5.16. The second-order valence-corrected chi connectivity index (χ2v) is 9.50. The van der Waals surface area contributed by atoms with Gasteiger partial charge in [-0.3, -0.25) is 4.79 Å². The number of esters is 2. The Balaban J connectivity index is 1.40. The van der Waals surface area contributed by atoms with E-state index in [2.05, 4.69) is 18.2 Å². The van der Waals surface area contributed by atoms with E-state index in [9.17, 15) is 9.59 Å². The zero-order valence-electron chi connectivity index (χ0n) is 16.1. The van der Waals surface area contributed by atoms with Crippen LogP contribution < -0.4 is 0 Å². The molecule has 1 saturated heterocycles. The molecule has 0 radical (unpaired) electrons. The van der Waals surface area contributed by atoms with Gasteiger partial charge in [-0.2, -0.15) is 0 Å². The third-order valence-electron chi connectivity index (χ3n) is 6.56. The summed E-state index contributed by atoms with van der Waals surface area (Å²) in [5.41, 5.74) is 5.28. The molecule has 0 N–H and O–H groups in total. The predicted octanol–water partition coefficient (Wildman–Crippen LogP) is 4.89. The first-order chi connectivity index (χ1) is 13.6. The molecule has 2 fully saturated rings. The van der Waals surface area contributed by atoms with Gasteiger partial charge < -0.3 is 9.47 Å². The molecular weight excluding hydrogens is 372 g/mol. The first-order valence-electron chi connectivity index (χ1n) is 10.2. The summed E-state index contributed by atoms with van der Waals surface area (Å²) >= 11 is 1.57. The highest BCUT2D eigenvalue weighted by atomic mass is 32.1. The van der Waals surface area contributed by atoms with Crippen molar-refractivity contribution in [2.24, 2.45) is 5.41 Å². The van der Waals surface area contributed by atoms with E-state index in [1.165, 1.54) is 27.1 Å². The molecule has 1 aliphatic heterocycles. The van der Waals surface area contributed by atoms with Gasteiger partial charge in [-0.05, 0) is 73.3 Å². The van der Waals surface area contributed by atoms with Crippen LogP contribution in [0.3, 0.4) is 0 Å². The van der Waals surface area contributed by atoms with Crippen LogP contribution in [0.25, 0.3) is 11.1 Å². The molecule has 2 atom stereocenters. The van der Waals surface area contributed by atoms with Crippen molar-refractivity contribution in [3.8, 4) is 11.1 Å². The van der Waals surface area contributed by atoms with Crippen LogP contribution in [0.2, 0.25) is 0 Å². The quantitative estimate of drug-likeness (QED) is 0.693. The number of ether oxygens (including phenoxy) is 2. The van der Waals surface area contributed by atoms with E-state index in [-0.39, 0.29) is 17.4 Å². The molecule has 5 heteroatoms. The Kier molecular flexibility index (Phi) is 4.31. The summed E-state index contributed by atoms with van der Waals surface area (Å²) in [5, 5.41) is 0. The van der Waals surface area contributed by atoms with Gasteiger partial charge in [-0.15, -0.1) is 11.3 Å². The van der Waals surface area contributed by atoms with Crippen LogP contribution in [0.1, 0.15) is 64.2 Å². The van der Waals surface area contributed by atoms with Gasteiger partial charge in [0.2, 0.25) is 0 Å². The standard InChI is InChI=1S/C23H24O4S/c1-2-26-22(25)20-10-18-17-5-3-14(9-15(17)4-6-19(18)28-20)16-7-8-23(11-16)12-21(24)27-13-23/h3,5,9-10,16H,2,4,6-8,11-13H2,1H3/t16-,23-/m0/s1. The third kappa shape index (κ3) is 2.96. The largest absolute Gasteiger partial charge is 0.465 e. The van der Waals surface area contributed by atoms with Gasteiger partial charge in [0.25, 0.3) is 0 Å². The molecule has 0 bridgehead atoms. The van der Waals surface area contributed by atoms with Gasteiger partial charge in [0.05, 0.1) is 19.6 Å². The molecule has 2 aliphatic carbocycles. The molecule has 4 nitrogen and oxygen atoms in total. The van der Waals surface area contributed by atoms with E-state index in [0.717, 1.165) is 32.1 Å². The van der Waals surface area contributed by atoms with Crippen molar-refractivity contribution in [3.63, 3.8) is 0 Å². The third-order valence-corrected chi connectivity index (χ3v) is 7.73. The van der Waals surface area contributed by atoms with Crippen molar-refractivity contribution in [2.75, 3.05) is 13.2 Å². The molecule has 1 aromatic heterocycles. The van der Waals surface area contributed by atoms with Gasteiger partial charge in [-0.1, -0.05) is 18.2 Å². The van der Waals surface area contributed by atoms with Gasteiger partial charge >= 0.3 is 11.9 Å². The monoisotopic (exact) mass is 396 g/mol. The smallest absolute Gasteiger partial charge is 0.348 e. The second kappa shape index (κ2) is 6.73. The van der Waals surface area contributed by atoms with E-state index in [4.69, 9.17) is 9.47 Å². The van der Waals surface area contributed by atoms with Crippen molar-refractivity contribution < 1.29 is 19.1 Å². The Morgan fingerprint density at radius 1 is 1.29 bits per heavy atom. The van der Waals surface area contributed by atoms with E-state index in [0.29, 0.717) is 30.4 Å². The number of hydrogen-bond acceptors (Lipinski definition) is 5. The minimum absolute atomic E-state index is 0.0338. The molecule has 1 spiro atoms. The second-order valence-electron chi connectivity index (χ2n) is 8.36. The highest BCUT2D eigenvalue weighted by Crippen LogP contribution is 2.52. The highest BCUT2D eigenvalue weighted by molar-refractivity contribution is 7.14. The number of cyclic esters (lactones) is 1. The number of benzene rings is 1. The first-order valence-corrected chi connectivity index (χ1v) is 11.0. The van der Waals surface area contributed by atoms with Crippen LogP contribution in [0.15, 0.2) is 24.3 Å². The van der Waals surface area contributed by atoms with Crippen molar-refractivity contribution in [3.05, 3.63) is 45.1 Å². The zero-order chi connectivity index (χ0) is 19.3. The van der Waals surface area contributed by atoms with E-state index >= 15 is 0 Å². The minimum atomic E-state index is -0.218. The van der Waals surface area contributed by atoms with Crippen LogP contribution >= 0.6 is 11.3 Å². The van der Waals surface area contributed by atoms with Crippen LogP contribution in [0.4, 0.5) is 0 Å². The fraction of sp³-hybridized carbons (Fsp3) is 0.478. The number of carbonyl (C=O) groups excluding carboxylic acids is 2. The van der Waals surface area contributed by atoms with Gasteiger partial charge in [0, 0.05) is 10.3 Å². The molecule has 2 heterocycles. The number of hydrogen-bond donors (Lipinski definition) is 0. The van der Waals surface area contributed by atoms with Crippen molar-refractivity contribution in [1.29, 1.82) is 0 Å². The van der Waals surface area contributed by atoms with Crippen LogP contribution in [0.5, 0.6) is 0 Å². The average molecular weight is 397 g/mol. The Hall–Kier alpha value is -2.14. The summed E-state index contributed by atoms with van der Waals surface area (Å²) < 4.78 is 10.4. The van der Waals surface area contributed by atoms with Crippen LogP contribution in [0, 0.1) is 5.41 Å². The summed E-state index contributed by atoms with van der Waals surface area (Å²) in [6.45, 7) is 2.84. The maximum Gasteiger partial charge on any atom is 0.348 e. The lowest BCUT2D eigenvalue weighted by atomic mass is 9.82. The number of fused-ring (bicyclic) bond motifs is 3. The number of aryl methyl sites for hydroxylation is 2. The van der Waals surface area contributed by atoms with Crippen molar-refractivity contribution in [2.45, 2.75) is 51.4 Å². The van der Waals surface area contributed by atoms with Crippen molar-refractivity contribution >= 4 is 23.3 Å². The molecule has 1 saturated carbocycles. The summed E-state index contributed by atoms with van der Waals surface area (Å²) in [6, 6.07) is 8.84. The molecule has 0 unspecified atom stereocenters. The van der Waals surface area contributed by atoms with Crippen LogP contribution in [-0.2, 0) is 27.1 Å². The Bertz CT molecular complexity index is 960. The SMILES string of the molecule is CCOC(=O)c1cc2c(s1)CCc1cc([C@H]3CC[C@]4(COC(=O)C4)C3)ccc1-2. The Morgan fingerprint density at radius 3 is 2.96 bits per heavy atom. The maximum absolute atomic E-state index is 12.1. The lowest BCUT2D eigenvalue weighted by molar-refractivity contribution is -0.137. The predicted molar refractivity (Wildman–Crippen MR) is 108 cm³/mol. The molecule has 0 amide bonds. The summed E-state index contributed by atoms with van der Waals surface area (Å²) in [7, 11) is 0. The van der Waals surface area contributed by atoms with E-state index in [1.54, 1.807) is 11.3 Å². The molecule has 146 valence electrons. The number of rotatable bonds is 3. The summed E-state index contributed by atoms with van der Waals surface area (Å²) in [4.78, 5) is 25.7. The first kappa shape index (κ1) is 17.9. The van der Waals surface area contributed by atoms with Crippen LogP contribution in [-0.4, -0.2) is 25.2 Å². The van der Waals surface area contributed by atoms with Crippen molar-refractivity contribution in [1.82, 2.24) is 0 Å². The molecule has 28 heavy (non-hydrogen) atoms. The summed E-state index contributed by atoms with van der Waals surface area (Å²) in [5.74, 6) is 0.261. The summed E-state index contributed by atoms with van der Waals surface area (Å²) in [6.07, 6.45) is 5.84.